The average Bonchev–Trinajstić information content (AvgIpc) is 2.73. The highest BCUT2D eigenvalue weighted by atomic mass is 15.1. The molecule has 0 saturated heterocycles. The number of rotatable bonds is 7. The van der Waals surface area contributed by atoms with Crippen LogP contribution in [0.5, 0.6) is 0 Å². The van der Waals surface area contributed by atoms with Gasteiger partial charge in [0.1, 0.15) is 5.82 Å². The zero-order chi connectivity index (χ0) is 14.2. The van der Waals surface area contributed by atoms with Crippen LogP contribution in [0.2, 0.25) is 0 Å². The summed E-state index contributed by atoms with van der Waals surface area (Å²) in [7, 11) is 0. The summed E-state index contributed by atoms with van der Waals surface area (Å²) in [6, 6.07) is 0.593. The summed E-state index contributed by atoms with van der Waals surface area (Å²) in [6.07, 6.45) is 15.1. The smallest absolute Gasteiger partial charge is 0.110 e. The van der Waals surface area contributed by atoms with Crippen LogP contribution in [0.3, 0.4) is 0 Å². The van der Waals surface area contributed by atoms with Crippen LogP contribution in [-0.2, 0) is 13.0 Å². The van der Waals surface area contributed by atoms with Gasteiger partial charge in [-0.15, -0.1) is 0 Å². The molecule has 0 aliphatic heterocycles. The number of imidazole rings is 1. The van der Waals surface area contributed by atoms with Crippen LogP contribution >= 0.6 is 0 Å². The van der Waals surface area contributed by atoms with Crippen molar-refractivity contribution in [1.29, 1.82) is 0 Å². The summed E-state index contributed by atoms with van der Waals surface area (Å²) in [6.45, 7) is 6.49. The molecule has 0 radical (unpaired) electrons. The van der Waals surface area contributed by atoms with Crippen molar-refractivity contribution >= 4 is 0 Å². The molecule has 3 nitrogen and oxygen atoms in total. The Morgan fingerprint density at radius 1 is 1.25 bits per heavy atom. The first-order valence-electron chi connectivity index (χ1n) is 8.56. The maximum atomic E-state index is 4.54. The van der Waals surface area contributed by atoms with Gasteiger partial charge in [-0.05, 0) is 25.8 Å². The van der Waals surface area contributed by atoms with E-state index in [1.54, 1.807) is 0 Å². The van der Waals surface area contributed by atoms with E-state index in [2.05, 4.69) is 34.9 Å². The summed E-state index contributed by atoms with van der Waals surface area (Å²) < 4.78 is 2.28. The summed E-state index contributed by atoms with van der Waals surface area (Å²) in [5.41, 5.74) is 0. The number of aromatic nitrogens is 2. The van der Waals surface area contributed by atoms with Crippen LogP contribution in [0.15, 0.2) is 12.4 Å². The van der Waals surface area contributed by atoms with Crippen LogP contribution < -0.4 is 5.32 Å². The molecule has 20 heavy (non-hydrogen) atoms. The third-order valence-corrected chi connectivity index (χ3v) is 4.66. The van der Waals surface area contributed by atoms with E-state index in [9.17, 15) is 0 Å². The Labute approximate surface area is 124 Å². The number of likely N-dealkylation sites (N-methyl/N-ethyl adjacent to an activating group) is 1. The molecule has 1 aromatic rings. The second-order valence-corrected chi connectivity index (χ2v) is 6.18. The number of aryl methyl sites for hydroxylation is 1. The monoisotopic (exact) mass is 277 g/mol. The Balaban J connectivity index is 1.92. The maximum Gasteiger partial charge on any atom is 0.110 e. The Kier molecular flexibility index (Phi) is 6.58. The minimum Gasteiger partial charge on any atom is -0.335 e. The molecular weight excluding hydrogens is 246 g/mol. The highest BCUT2D eigenvalue weighted by Gasteiger charge is 2.19. The van der Waals surface area contributed by atoms with Gasteiger partial charge in [0.05, 0.1) is 0 Å². The van der Waals surface area contributed by atoms with Gasteiger partial charge in [-0.1, -0.05) is 45.4 Å². The summed E-state index contributed by atoms with van der Waals surface area (Å²) >= 11 is 0. The Hall–Kier alpha value is -0.830. The normalized spacial score (nSPS) is 18.9. The van der Waals surface area contributed by atoms with E-state index >= 15 is 0 Å². The van der Waals surface area contributed by atoms with Gasteiger partial charge in [0, 0.05) is 31.4 Å². The van der Waals surface area contributed by atoms with E-state index in [0.29, 0.717) is 6.04 Å². The van der Waals surface area contributed by atoms with E-state index in [4.69, 9.17) is 0 Å². The zero-order valence-electron chi connectivity index (χ0n) is 13.3. The fraction of sp³-hybridized carbons (Fsp3) is 0.824. The third-order valence-electron chi connectivity index (χ3n) is 4.66. The van der Waals surface area contributed by atoms with E-state index in [1.807, 2.05) is 6.20 Å². The molecule has 2 rings (SSSR count). The molecule has 0 bridgehead atoms. The van der Waals surface area contributed by atoms with E-state index in [1.165, 1.54) is 50.8 Å². The van der Waals surface area contributed by atoms with Gasteiger partial charge >= 0.3 is 0 Å². The molecule has 3 heteroatoms. The molecule has 1 unspecified atom stereocenters. The lowest BCUT2D eigenvalue weighted by Gasteiger charge is -2.23. The van der Waals surface area contributed by atoms with Gasteiger partial charge in [0.15, 0.2) is 0 Å². The molecule has 114 valence electrons. The van der Waals surface area contributed by atoms with Crippen molar-refractivity contribution in [3.63, 3.8) is 0 Å². The van der Waals surface area contributed by atoms with Gasteiger partial charge in [0.25, 0.3) is 0 Å². The first-order valence-corrected chi connectivity index (χ1v) is 8.56. The molecule has 0 spiro atoms. The summed E-state index contributed by atoms with van der Waals surface area (Å²) in [4.78, 5) is 4.54. The van der Waals surface area contributed by atoms with Crippen LogP contribution in [0.4, 0.5) is 0 Å². The lowest BCUT2D eigenvalue weighted by atomic mass is 9.91. The van der Waals surface area contributed by atoms with Crippen LogP contribution in [0, 0.1) is 5.92 Å². The molecule has 1 fully saturated rings. The van der Waals surface area contributed by atoms with Crippen molar-refractivity contribution in [2.75, 3.05) is 6.54 Å². The molecular formula is C17H31N3. The summed E-state index contributed by atoms with van der Waals surface area (Å²) in [5.74, 6) is 2.17. The maximum absolute atomic E-state index is 4.54. The van der Waals surface area contributed by atoms with Gasteiger partial charge in [0.2, 0.25) is 0 Å². The topological polar surface area (TPSA) is 29.9 Å². The predicted molar refractivity (Wildman–Crippen MR) is 84.9 cm³/mol. The number of hydrogen-bond donors (Lipinski definition) is 1. The Morgan fingerprint density at radius 2 is 2.00 bits per heavy atom. The first-order chi connectivity index (χ1) is 9.83. The largest absolute Gasteiger partial charge is 0.335 e. The second-order valence-electron chi connectivity index (χ2n) is 6.18. The van der Waals surface area contributed by atoms with Crippen LogP contribution in [0.25, 0.3) is 0 Å². The van der Waals surface area contributed by atoms with Crippen molar-refractivity contribution in [3.8, 4) is 0 Å². The molecule has 1 atom stereocenters. The fourth-order valence-electron chi connectivity index (χ4n) is 3.57. The standard InChI is InChI=1S/C17H31N3/c1-3-18-16(13-15-9-7-5-6-8-10-15)14-17-19-11-12-20(17)4-2/h11-12,15-16,18H,3-10,13-14H2,1-2H3. The molecule has 1 aromatic heterocycles. The van der Waals surface area contributed by atoms with E-state index in [0.717, 1.165) is 25.4 Å². The molecule has 0 amide bonds. The number of nitrogens with one attached hydrogen (secondary N) is 1. The Bertz CT molecular complexity index is 364. The minimum absolute atomic E-state index is 0.593. The van der Waals surface area contributed by atoms with Crippen LogP contribution in [0.1, 0.15) is 64.6 Å². The first kappa shape index (κ1) is 15.6. The van der Waals surface area contributed by atoms with Gasteiger partial charge in [-0.25, -0.2) is 4.98 Å². The van der Waals surface area contributed by atoms with E-state index in [-0.39, 0.29) is 0 Å². The second kappa shape index (κ2) is 8.46. The van der Waals surface area contributed by atoms with Crippen LogP contribution in [-0.4, -0.2) is 22.1 Å². The van der Waals surface area contributed by atoms with Gasteiger partial charge in [-0.2, -0.15) is 0 Å². The van der Waals surface area contributed by atoms with E-state index < -0.39 is 0 Å². The molecule has 1 aliphatic rings. The highest BCUT2D eigenvalue weighted by Crippen LogP contribution is 2.27. The average molecular weight is 277 g/mol. The molecule has 0 aromatic carbocycles. The minimum atomic E-state index is 0.593. The van der Waals surface area contributed by atoms with Crippen molar-refractivity contribution < 1.29 is 0 Å². The molecule has 1 saturated carbocycles. The lowest BCUT2D eigenvalue weighted by Crippen LogP contribution is -2.34. The van der Waals surface area contributed by atoms with Crippen molar-refractivity contribution in [3.05, 3.63) is 18.2 Å². The van der Waals surface area contributed by atoms with Crippen molar-refractivity contribution in [2.45, 2.75) is 77.8 Å². The molecule has 1 N–H and O–H groups in total. The van der Waals surface area contributed by atoms with Crippen molar-refractivity contribution in [2.24, 2.45) is 5.92 Å². The number of nitrogens with zero attached hydrogens (tertiary/aromatic N) is 2. The quantitative estimate of drug-likeness (QED) is 0.769. The van der Waals surface area contributed by atoms with Crippen molar-refractivity contribution in [1.82, 2.24) is 14.9 Å². The predicted octanol–water partition coefficient (Wildman–Crippen LogP) is 3.78. The third kappa shape index (κ3) is 4.62. The molecule has 1 aliphatic carbocycles. The lowest BCUT2D eigenvalue weighted by molar-refractivity contribution is 0.348. The Morgan fingerprint density at radius 3 is 2.65 bits per heavy atom. The highest BCUT2D eigenvalue weighted by molar-refractivity contribution is 4.96. The van der Waals surface area contributed by atoms with Gasteiger partial charge in [-0.3, -0.25) is 0 Å². The molecule has 1 heterocycles. The van der Waals surface area contributed by atoms with Gasteiger partial charge < -0.3 is 9.88 Å². The fourth-order valence-corrected chi connectivity index (χ4v) is 3.57. The zero-order valence-corrected chi connectivity index (χ0v) is 13.3. The summed E-state index contributed by atoms with van der Waals surface area (Å²) in [5, 5.41) is 3.69. The number of hydrogen-bond acceptors (Lipinski definition) is 2. The SMILES string of the molecule is CCNC(Cc1nccn1CC)CC1CCCCCC1.